The number of nitrogens with zero attached hydrogens (tertiary/aromatic N) is 1. The fraction of sp³-hybridized carbons (Fsp3) is 1.00. The van der Waals surface area contributed by atoms with E-state index in [0.29, 0.717) is 6.04 Å². The molecule has 1 rings (SSSR count). The lowest BCUT2D eigenvalue weighted by Crippen LogP contribution is -2.45. The Morgan fingerprint density at radius 3 is 2.60 bits per heavy atom. The Bertz CT molecular complexity index is 156. The van der Waals surface area contributed by atoms with Gasteiger partial charge in [-0.3, -0.25) is 0 Å². The summed E-state index contributed by atoms with van der Waals surface area (Å²) in [5.74, 6) is 0. The predicted octanol–water partition coefficient (Wildman–Crippen LogP) is 1.49. The second kappa shape index (κ2) is 7.20. The molecule has 1 atom stereocenters. The lowest BCUT2D eigenvalue weighted by molar-refractivity contribution is 0.0958. The van der Waals surface area contributed by atoms with Gasteiger partial charge in [-0.25, -0.2) is 0 Å². The molecule has 3 heteroatoms. The average Bonchev–Trinajstić information content (AvgIpc) is 2.29. The van der Waals surface area contributed by atoms with Crippen molar-refractivity contribution in [1.82, 2.24) is 10.2 Å². The first-order chi connectivity index (χ1) is 7.27. The maximum absolute atomic E-state index is 5.40. The number of hydrogen-bond acceptors (Lipinski definition) is 3. The second-order valence-electron chi connectivity index (χ2n) is 4.43. The molecular formula is C12H26N2O. The van der Waals surface area contributed by atoms with Crippen molar-refractivity contribution >= 4 is 0 Å². The molecule has 0 bridgehead atoms. The van der Waals surface area contributed by atoms with E-state index in [1.165, 1.54) is 25.9 Å². The van der Waals surface area contributed by atoms with Crippen LogP contribution >= 0.6 is 0 Å². The first-order valence-corrected chi connectivity index (χ1v) is 6.27. The molecule has 0 aromatic heterocycles. The van der Waals surface area contributed by atoms with Gasteiger partial charge in [0.1, 0.15) is 0 Å². The molecule has 0 amide bonds. The summed E-state index contributed by atoms with van der Waals surface area (Å²) in [6, 6.07) is 1.41. The molecule has 15 heavy (non-hydrogen) atoms. The van der Waals surface area contributed by atoms with Gasteiger partial charge in [0.2, 0.25) is 0 Å². The summed E-state index contributed by atoms with van der Waals surface area (Å²) >= 11 is 0. The Kier molecular flexibility index (Phi) is 6.22. The molecule has 0 radical (unpaired) electrons. The van der Waals surface area contributed by atoms with Crippen molar-refractivity contribution in [1.29, 1.82) is 0 Å². The van der Waals surface area contributed by atoms with Crippen molar-refractivity contribution in [3.05, 3.63) is 0 Å². The summed E-state index contributed by atoms with van der Waals surface area (Å²) in [6.07, 6.45) is 3.74. The van der Waals surface area contributed by atoms with Crippen LogP contribution in [0.1, 0.15) is 33.1 Å². The Balaban J connectivity index is 2.15. The van der Waals surface area contributed by atoms with Gasteiger partial charge in [0, 0.05) is 25.3 Å². The SMILES string of the molecule is CCOCCC(C)N1CCC(NC)CC1. The number of hydrogen-bond donors (Lipinski definition) is 1. The first-order valence-electron chi connectivity index (χ1n) is 6.27. The predicted molar refractivity (Wildman–Crippen MR) is 64.2 cm³/mol. The summed E-state index contributed by atoms with van der Waals surface area (Å²) in [4.78, 5) is 2.59. The molecule has 1 aliphatic heterocycles. The highest BCUT2D eigenvalue weighted by Crippen LogP contribution is 2.14. The smallest absolute Gasteiger partial charge is 0.0480 e. The minimum atomic E-state index is 0.675. The van der Waals surface area contributed by atoms with Crippen LogP contribution in [0, 0.1) is 0 Å². The summed E-state index contributed by atoms with van der Waals surface area (Å²) in [5, 5.41) is 3.36. The fourth-order valence-corrected chi connectivity index (χ4v) is 2.21. The van der Waals surface area contributed by atoms with Crippen LogP contribution in [0.25, 0.3) is 0 Å². The Morgan fingerprint density at radius 1 is 1.40 bits per heavy atom. The van der Waals surface area contributed by atoms with Crippen molar-refractivity contribution < 1.29 is 4.74 Å². The molecule has 3 nitrogen and oxygen atoms in total. The van der Waals surface area contributed by atoms with Crippen LogP contribution in [0.2, 0.25) is 0 Å². The molecule has 0 saturated carbocycles. The molecule has 1 saturated heterocycles. The molecule has 1 N–H and O–H groups in total. The van der Waals surface area contributed by atoms with E-state index in [2.05, 4.69) is 31.1 Å². The molecule has 1 aliphatic rings. The van der Waals surface area contributed by atoms with E-state index in [4.69, 9.17) is 4.74 Å². The number of piperidine rings is 1. The number of rotatable bonds is 6. The second-order valence-corrected chi connectivity index (χ2v) is 4.43. The van der Waals surface area contributed by atoms with Crippen LogP contribution in [-0.4, -0.2) is 50.3 Å². The quantitative estimate of drug-likeness (QED) is 0.678. The zero-order chi connectivity index (χ0) is 11.1. The third kappa shape index (κ3) is 4.49. The highest BCUT2D eigenvalue weighted by Gasteiger charge is 2.21. The highest BCUT2D eigenvalue weighted by atomic mass is 16.5. The topological polar surface area (TPSA) is 24.5 Å². The minimum Gasteiger partial charge on any atom is -0.382 e. The van der Waals surface area contributed by atoms with Crippen LogP contribution in [0.4, 0.5) is 0 Å². The van der Waals surface area contributed by atoms with Crippen molar-refractivity contribution in [3.8, 4) is 0 Å². The zero-order valence-electron chi connectivity index (χ0n) is 10.5. The normalized spacial score (nSPS) is 21.8. The van der Waals surface area contributed by atoms with Crippen molar-refractivity contribution in [2.45, 2.75) is 45.2 Å². The van der Waals surface area contributed by atoms with Crippen LogP contribution in [0.15, 0.2) is 0 Å². The van der Waals surface area contributed by atoms with Gasteiger partial charge < -0.3 is 15.0 Å². The van der Waals surface area contributed by atoms with Crippen LogP contribution < -0.4 is 5.32 Å². The molecule has 90 valence electrons. The molecular weight excluding hydrogens is 188 g/mol. The molecule has 1 heterocycles. The summed E-state index contributed by atoms with van der Waals surface area (Å²) in [7, 11) is 2.07. The summed E-state index contributed by atoms with van der Waals surface area (Å²) < 4.78 is 5.40. The fourth-order valence-electron chi connectivity index (χ4n) is 2.21. The van der Waals surface area contributed by atoms with E-state index in [1.807, 2.05) is 0 Å². The average molecular weight is 214 g/mol. The standard InChI is InChI=1S/C12H26N2O/c1-4-15-10-7-11(2)14-8-5-12(13-3)6-9-14/h11-13H,4-10H2,1-3H3. The molecule has 0 aromatic rings. The van der Waals surface area contributed by atoms with Crippen molar-refractivity contribution in [2.24, 2.45) is 0 Å². The van der Waals surface area contributed by atoms with Crippen molar-refractivity contribution in [3.63, 3.8) is 0 Å². The first kappa shape index (κ1) is 12.9. The van der Waals surface area contributed by atoms with Gasteiger partial charge in [0.25, 0.3) is 0 Å². The summed E-state index contributed by atoms with van der Waals surface area (Å²) in [5.41, 5.74) is 0. The van der Waals surface area contributed by atoms with Gasteiger partial charge in [0.15, 0.2) is 0 Å². The molecule has 1 unspecified atom stereocenters. The molecule has 0 aromatic carbocycles. The maximum atomic E-state index is 5.40. The van der Waals surface area contributed by atoms with E-state index < -0.39 is 0 Å². The van der Waals surface area contributed by atoms with Gasteiger partial charge in [0.05, 0.1) is 0 Å². The van der Waals surface area contributed by atoms with E-state index in [-0.39, 0.29) is 0 Å². The Morgan fingerprint density at radius 2 is 2.07 bits per heavy atom. The highest BCUT2D eigenvalue weighted by molar-refractivity contribution is 4.78. The summed E-state index contributed by atoms with van der Waals surface area (Å²) in [6.45, 7) is 8.59. The minimum absolute atomic E-state index is 0.675. The number of nitrogens with one attached hydrogen (secondary N) is 1. The van der Waals surface area contributed by atoms with E-state index in [1.54, 1.807) is 0 Å². The van der Waals surface area contributed by atoms with Crippen LogP contribution in [0.5, 0.6) is 0 Å². The van der Waals surface area contributed by atoms with Gasteiger partial charge in [-0.05, 0) is 53.2 Å². The van der Waals surface area contributed by atoms with Gasteiger partial charge in [-0.1, -0.05) is 0 Å². The molecule has 0 spiro atoms. The maximum Gasteiger partial charge on any atom is 0.0480 e. The lowest BCUT2D eigenvalue weighted by Gasteiger charge is -2.35. The Labute approximate surface area is 94.2 Å². The van der Waals surface area contributed by atoms with E-state index in [0.717, 1.165) is 25.7 Å². The largest absolute Gasteiger partial charge is 0.382 e. The van der Waals surface area contributed by atoms with Crippen LogP contribution in [-0.2, 0) is 4.74 Å². The van der Waals surface area contributed by atoms with E-state index >= 15 is 0 Å². The van der Waals surface area contributed by atoms with Crippen molar-refractivity contribution in [2.75, 3.05) is 33.4 Å². The van der Waals surface area contributed by atoms with Crippen LogP contribution in [0.3, 0.4) is 0 Å². The third-order valence-corrected chi connectivity index (χ3v) is 3.45. The number of ether oxygens (including phenoxy) is 1. The van der Waals surface area contributed by atoms with Gasteiger partial charge in [-0.2, -0.15) is 0 Å². The monoisotopic (exact) mass is 214 g/mol. The lowest BCUT2D eigenvalue weighted by atomic mass is 10.0. The van der Waals surface area contributed by atoms with Gasteiger partial charge >= 0.3 is 0 Å². The third-order valence-electron chi connectivity index (χ3n) is 3.45. The molecule has 0 aliphatic carbocycles. The number of likely N-dealkylation sites (tertiary alicyclic amines) is 1. The Hall–Kier alpha value is -0.120. The van der Waals surface area contributed by atoms with E-state index in [9.17, 15) is 0 Å². The zero-order valence-corrected chi connectivity index (χ0v) is 10.5. The molecule has 1 fully saturated rings. The van der Waals surface area contributed by atoms with Gasteiger partial charge in [-0.15, -0.1) is 0 Å².